The van der Waals surface area contributed by atoms with Crippen LogP contribution in [0.2, 0.25) is 0 Å². The topological polar surface area (TPSA) is 75.3 Å². The van der Waals surface area contributed by atoms with Crippen LogP contribution < -0.4 is 11.1 Å². The van der Waals surface area contributed by atoms with Gasteiger partial charge >= 0.3 is 0 Å². The molecule has 0 aliphatic heterocycles. The average Bonchev–Trinajstić information content (AvgIpc) is 2.44. The normalized spacial score (nSPS) is 10.8. The lowest BCUT2D eigenvalue weighted by Gasteiger charge is -2.28. The number of anilines is 1. The summed E-state index contributed by atoms with van der Waals surface area (Å²) in [6, 6.07) is 5.26. The van der Waals surface area contributed by atoms with Crippen LogP contribution in [0.4, 0.5) is 5.69 Å². The van der Waals surface area contributed by atoms with Gasteiger partial charge in [-0.3, -0.25) is 4.79 Å². The molecule has 20 heavy (non-hydrogen) atoms. The molecule has 0 saturated carbocycles. The van der Waals surface area contributed by atoms with Crippen LogP contribution in [0.25, 0.3) is 0 Å². The Morgan fingerprint density at radius 3 is 2.35 bits per heavy atom. The maximum absolute atomic E-state index is 12.4. The van der Waals surface area contributed by atoms with Crippen molar-refractivity contribution >= 4 is 24.0 Å². The minimum absolute atomic E-state index is 0. The van der Waals surface area contributed by atoms with Crippen molar-refractivity contribution in [3.8, 4) is 5.75 Å². The number of carbonyl (C=O) groups is 1. The molecule has 0 heterocycles. The quantitative estimate of drug-likeness (QED) is 0.707. The molecule has 0 atom stereocenters. The Labute approximate surface area is 127 Å². The molecular weight excluding hydrogens is 276 g/mol. The van der Waals surface area contributed by atoms with Gasteiger partial charge in [0.15, 0.2) is 0 Å². The highest BCUT2D eigenvalue weighted by Gasteiger charge is 2.33. The second-order valence-corrected chi connectivity index (χ2v) is 4.85. The molecule has 0 aliphatic carbocycles. The molecular formula is C15H25ClN2O2. The monoisotopic (exact) mass is 300 g/mol. The fraction of sp³-hybridized carbons (Fsp3) is 0.533. The van der Waals surface area contributed by atoms with Crippen LogP contribution in [-0.2, 0) is 11.2 Å². The molecule has 1 aromatic carbocycles. The molecule has 0 saturated heterocycles. The second kappa shape index (κ2) is 8.12. The minimum atomic E-state index is -0.561. The van der Waals surface area contributed by atoms with Crippen LogP contribution in [0.15, 0.2) is 18.2 Å². The molecule has 1 aromatic rings. The lowest BCUT2D eigenvalue weighted by Crippen LogP contribution is -2.41. The predicted molar refractivity (Wildman–Crippen MR) is 85.4 cm³/mol. The number of benzene rings is 1. The van der Waals surface area contributed by atoms with Gasteiger partial charge in [0.1, 0.15) is 5.75 Å². The van der Waals surface area contributed by atoms with Gasteiger partial charge in [0.2, 0.25) is 5.91 Å². The zero-order valence-corrected chi connectivity index (χ0v) is 13.2. The van der Waals surface area contributed by atoms with Crippen molar-refractivity contribution in [2.45, 2.75) is 40.0 Å². The van der Waals surface area contributed by atoms with Gasteiger partial charge in [-0.1, -0.05) is 26.8 Å². The number of carbonyl (C=O) groups excluding carboxylic acids is 1. The first-order valence-electron chi connectivity index (χ1n) is 6.86. The summed E-state index contributed by atoms with van der Waals surface area (Å²) in [5, 5.41) is 12.6. The van der Waals surface area contributed by atoms with E-state index in [-0.39, 0.29) is 24.1 Å². The third-order valence-electron chi connectivity index (χ3n) is 3.94. The van der Waals surface area contributed by atoms with Crippen molar-refractivity contribution in [1.82, 2.24) is 0 Å². The fourth-order valence-electron chi connectivity index (χ4n) is 2.11. The zero-order valence-electron chi connectivity index (χ0n) is 12.4. The lowest BCUT2D eigenvalue weighted by atomic mass is 9.81. The summed E-state index contributed by atoms with van der Waals surface area (Å²) in [7, 11) is 0. The Balaban J connectivity index is 0.00000361. The molecule has 0 spiro atoms. The number of aryl methyl sites for hydroxylation is 1. The van der Waals surface area contributed by atoms with Crippen molar-refractivity contribution in [3.05, 3.63) is 23.8 Å². The summed E-state index contributed by atoms with van der Waals surface area (Å²) in [5.41, 5.74) is 6.72. The van der Waals surface area contributed by atoms with E-state index < -0.39 is 5.41 Å². The largest absolute Gasteiger partial charge is 0.506 e. The highest BCUT2D eigenvalue weighted by atomic mass is 35.5. The predicted octanol–water partition coefficient (Wildman–Crippen LogP) is 3.08. The molecule has 0 fully saturated rings. The molecule has 0 bridgehead atoms. The Kier molecular flexibility index (Phi) is 7.61. The molecule has 114 valence electrons. The number of hydrogen-bond donors (Lipinski definition) is 3. The van der Waals surface area contributed by atoms with Gasteiger partial charge in [0, 0.05) is 6.54 Å². The summed E-state index contributed by atoms with van der Waals surface area (Å²) in [5.74, 6) is -0.0350. The molecule has 1 amide bonds. The van der Waals surface area contributed by atoms with E-state index in [2.05, 4.69) is 5.32 Å². The summed E-state index contributed by atoms with van der Waals surface area (Å²) in [4.78, 5) is 12.4. The molecule has 1 rings (SSSR count). The first-order chi connectivity index (χ1) is 9.02. The molecule has 0 unspecified atom stereocenters. The zero-order chi connectivity index (χ0) is 14.5. The smallest absolute Gasteiger partial charge is 0.231 e. The average molecular weight is 301 g/mol. The number of phenolic OH excluding ortho intramolecular Hbond substituents is 1. The Morgan fingerprint density at radius 1 is 1.30 bits per heavy atom. The van der Waals surface area contributed by atoms with Crippen molar-refractivity contribution < 1.29 is 9.90 Å². The van der Waals surface area contributed by atoms with Gasteiger partial charge in [-0.15, -0.1) is 12.4 Å². The van der Waals surface area contributed by atoms with E-state index in [1.165, 1.54) is 0 Å². The van der Waals surface area contributed by atoms with E-state index in [1.54, 1.807) is 12.1 Å². The third kappa shape index (κ3) is 3.87. The van der Waals surface area contributed by atoms with E-state index in [1.807, 2.05) is 26.8 Å². The van der Waals surface area contributed by atoms with Gasteiger partial charge < -0.3 is 16.2 Å². The summed E-state index contributed by atoms with van der Waals surface area (Å²) < 4.78 is 0. The number of aromatic hydroxyl groups is 1. The summed E-state index contributed by atoms with van der Waals surface area (Å²) in [6.45, 7) is 6.25. The van der Waals surface area contributed by atoms with Crippen LogP contribution in [0, 0.1) is 5.41 Å². The summed E-state index contributed by atoms with van der Waals surface area (Å²) in [6.07, 6.45) is 2.22. The van der Waals surface area contributed by atoms with Crippen molar-refractivity contribution in [2.24, 2.45) is 11.1 Å². The van der Waals surface area contributed by atoms with Crippen LogP contribution in [0.5, 0.6) is 5.75 Å². The maximum Gasteiger partial charge on any atom is 0.231 e. The van der Waals surface area contributed by atoms with Gasteiger partial charge in [-0.25, -0.2) is 0 Å². The number of nitrogens with one attached hydrogen (secondary N) is 1. The highest BCUT2D eigenvalue weighted by molar-refractivity contribution is 5.96. The standard InChI is InChI=1S/C15H24N2O2.ClH/c1-4-11-7-8-13(18)12(9-11)17-14(19)15(5-2,6-3)10-16;/h7-9,18H,4-6,10,16H2,1-3H3,(H,17,19);1H. The Bertz CT molecular complexity index is 437. The molecule has 4 N–H and O–H groups in total. The van der Waals surface area contributed by atoms with Crippen LogP contribution >= 0.6 is 12.4 Å². The molecule has 0 aromatic heterocycles. The van der Waals surface area contributed by atoms with Crippen molar-refractivity contribution in [2.75, 3.05) is 11.9 Å². The van der Waals surface area contributed by atoms with E-state index in [0.29, 0.717) is 25.1 Å². The molecule has 4 nitrogen and oxygen atoms in total. The third-order valence-corrected chi connectivity index (χ3v) is 3.94. The van der Waals surface area contributed by atoms with Gasteiger partial charge in [-0.2, -0.15) is 0 Å². The van der Waals surface area contributed by atoms with E-state index in [0.717, 1.165) is 12.0 Å². The van der Waals surface area contributed by atoms with Crippen LogP contribution in [0.1, 0.15) is 39.2 Å². The Hall–Kier alpha value is -1.26. The molecule has 0 radical (unpaired) electrons. The van der Waals surface area contributed by atoms with Crippen LogP contribution in [-0.4, -0.2) is 17.6 Å². The number of nitrogens with two attached hydrogens (primary N) is 1. The van der Waals surface area contributed by atoms with E-state index in [4.69, 9.17) is 5.73 Å². The fourth-order valence-corrected chi connectivity index (χ4v) is 2.11. The Morgan fingerprint density at radius 2 is 1.90 bits per heavy atom. The van der Waals surface area contributed by atoms with E-state index in [9.17, 15) is 9.90 Å². The minimum Gasteiger partial charge on any atom is -0.506 e. The SMILES string of the molecule is CCc1ccc(O)c(NC(=O)C(CC)(CC)CN)c1.Cl. The van der Waals surface area contributed by atoms with Gasteiger partial charge in [0.25, 0.3) is 0 Å². The van der Waals surface area contributed by atoms with Crippen molar-refractivity contribution in [3.63, 3.8) is 0 Å². The number of halogens is 1. The lowest BCUT2D eigenvalue weighted by molar-refractivity contribution is -0.125. The second-order valence-electron chi connectivity index (χ2n) is 4.85. The van der Waals surface area contributed by atoms with Gasteiger partial charge in [-0.05, 0) is 37.0 Å². The molecule has 5 heteroatoms. The summed E-state index contributed by atoms with van der Waals surface area (Å²) >= 11 is 0. The first-order valence-corrected chi connectivity index (χ1v) is 6.86. The van der Waals surface area contributed by atoms with E-state index >= 15 is 0 Å². The first kappa shape index (κ1) is 18.7. The highest BCUT2D eigenvalue weighted by Crippen LogP contribution is 2.30. The van der Waals surface area contributed by atoms with Gasteiger partial charge in [0.05, 0.1) is 11.1 Å². The number of rotatable bonds is 6. The van der Waals surface area contributed by atoms with Crippen LogP contribution in [0.3, 0.4) is 0 Å². The maximum atomic E-state index is 12.4. The number of phenols is 1. The number of hydrogen-bond acceptors (Lipinski definition) is 3. The number of amides is 1. The molecule has 0 aliphatic rings. The van der Waals surface area contributed by atoms with Crippen molar-refractivity contribution in [1.29, 1.82) is 0 Å².